The molecule has 3 heterocycles. The van der Waals surface area contributed by atoms with Gasteiger partial charge in [-0.05, 0) is 41.6 Å². The van der Waals surface area contributed by atoms with Crippen LogP contribution in [0.3, 0.4) is 0 Å². The third-order valence-corrected chi connectivity index (χ3v) is 6.06. The first kappa shape index (κ1) is 18.4. The molecular formula is C18H22BrClN4O. The van der Waals surface area contributed by atoms with Crippen molar-refractivity contribution in [1.29, 1.82) is 0 Å². The summed E-state index contributed by atoms with van der Waals surface area (Å²) in [6.45, 7) is 0. The zero-order valence-electron chi connectivity index (χ0n) is 14.0. The summed E-state index contributed by atoms with van der Waals surface area (Å²) >= 11 is 3.56. The van der Waals surface area contributed by atoms with Crippen molar-refractivity contribution in [3.05, 3.63) is 40.5 Å². The number of nitrogens with zero attached hydrogens (tertiary/aromatic N) is 2. The minimum Gasteiger partial charge on any atom is -0.337 e. The number of carbonyl (C=O) groups excluding carboxylic acids is 1. The lowest BCUT2D eigenvalue weighted by molar-refractivity contribution is 0.0675. The summed E-state index contributed by atoms with van der Waals surface area (Å²) in [5, 5.41) is 10.9. The summed E-state index contributed by atoms with van der Waals surface area (Å²) in [5.41, 5.74) is 2.29. The number of aromatic nitrogens is 2. The summed E-state index contributed by atoms with van der Waals surface area (Å²) in [4.78, 5) is 14.8. The number of carbonyl (C=O) groups is 1. The molecule has 1 amide bonds. The van der Waals surface area contributed by atoms with Crippen LogP contribution in [0.25, 0.3) is 11.3 Å². The molecule has 0 aliphatic carbocycles. The molecule has 2 fully saturated rings. The highest BCUT2D eigenvalue weighted by molar-refractivity contribution is 9.10. The number of rotatable bonds is 3. The molecule has 0 spiro atoms. The van der Waals surface area contributed by atoms with Crippen LogP contribution in [0.1, 0.15) is 36.2 Å². The number of benzene rings is 1. The summed E-state index contributed by atoms with van der Waals surface area (Å²) in [7, 11) is 1.91. The van der Waals surface area contributed by atoms with Gasteiger partial charge in [0.1, 0.15) is 11.4 Å². The molecule has 25 heavy (non-hydrogen) atoms. The van der Waals surface area contributed by atoms with Crippen molar-refractivity contribution in [2.75, 3.05) is 7.05 Å². The van der Waals surface area contributed by atoms with Crippen molar-refractivity contribution in [3.8, 4) is 11.3 Å². The Labute approximate surface area is 162 Å². The topological polar surface area (TPSA) is 61.0 Å². The van der Waals surface area contributed by atoms with Crippen LogP contribution in [0.4, 0.5) is 0 Å². The van der Waals surface area contributed by atoms with Gasteiger partial charge in [-0.3, -0.25) is 9.89 Å². The van der Waals surface area contributed by atoms with Gasteiger partial charge < -0.3 is 10.2 Å². The molecule has 2 aliphatic heterocycles. The Bertz CT molecular complexity index is 739. The number of piperidine rings is 1. The molecule has 1 aromatic carbocycles. The molecule has 2 N–H and O–H groups in total. The first-order chi connectivity index (χ1) is 11.6. The molecule has 2 unspecified atom stereocenters. The normalized spacial score (nSPS) is 24.6. The second-order valence-corrected chi connectivity index (χ2v) is 7.60. The Morgan fingerprint density at radius 1 is 1.20 bits per heavy atom. The molecular weight excluding hydrogens is 404 g/mol. The average molecular weight is 426 g/mol. The van der Waals surface area contributed by atoms with E-state index < -0.39 is 0 Å². The van der Waals surface area contributed by atoms with Gasteiger partial charge in [0.15, 0.2) is 0 Å². The van der Waals surface area contributed by atoms with E-state index in [-0.39, 0.29) is 18.3 Å². The molecule has 2 aromatic rings. The van der Waals surface area contributed by atoms with Crippen molar-refractivity contribution in [2.24, 2.45) is 0 Å². The van der Waals surface area contributed by atoms with Crippen LogP contribution in [0.5, 0.6) is 0 Å². The van der Waals surface area contributed by atoms with E-state index in [2.05, 4.69) is 31.4 Å². The third-order valence-electron chi connectivity index (χ3n) is 5.28. The first-order valence-electron chi connectivity index (χ1n) is 8.46. The van der Waals surface area contributed by atoms with E-state index in [0.717, 1.165) is 28.6 Å². The lowest BCUT2D eigenvalue weighted by Gasteiger charge is -2.35. The first-order valence-corrected chi connectivity index (χ1v) is 9.25. The largest absolute Gasteiger partial charge is 0.337 e. The molecule has 5 nitrogen and oxygen atoms in total. The van der Waals surface area contributed by atoms with Gasteiger partial charge in [0, 0.05) is 30.7 Å². The molecule has 134 valence electrons. The number of fused-ring (bicyclic) bond motifs is 2. The highest BCUT2D eigenvalue weighted by atomic mass is 79.9. The summed E-state index contributed by atoms with van der Waals surface area (Å²) in [6, 6.07) is 11.3. The van der Waals surface area contributed by atoms with Crippen LogP contribution in [0, 0.1) is 0 Å². The molecule has 2 atom stereocenters. The molecule has 0 saturated carbocycles. The van der Waals surface area contributed by atoms with Crippen molar-refractivity contribution < 1.29 is 4.79 Å². The maximum Gasteiger partial charge on any atom is 0.273 e. The minimum absolute atomic E-state index is 0. The van der Waals surface area contributed by atoms with Gasteiger partial charge in [-0.15, -0.1) is 12.4 Å². The van der Waals surface area contributed by atoms with Gasteiger partial charge >= 0.3 is 0 Å². The quantitative estimate of drug-likeness (QED) is 0.789. The van der Waals surface area contributed by atoms with Gasteiger partial charge in [0.2, 0.25) is 0 Å². The van der Waals surface area contributed by atoms with Crippen LogP contribution in [0.15, 0.2) is 34.8 Å². The Hall–Kier alpha value is -1.37. The Kier molecular flexibility index (Phi) is 5.51. The maximum absolute atomic E-state index is 12.9. The van der Waals surface area contributed by atoms with E-state index in [0.29, 0.717) is 23.8 Å². The zero-order valence-corrected chi connectivity index (χ0v) is 16.4. The van der Waals surface area contributed by atoms with Crippen LogP contribution in [0.2, 0.25) is 0 Å². The van der Waals surface area contributed by atoms with Crippen molar-refractivity contribution in [3.63, 3.8) is 0 Å². The van der Waals surface area contributed by atoms with Crippen LogP contribution < -0.4 is 5.32 Å². The van der Waals surface area contributed by atoms with Gasteiger partial charge in [-0.1, -0.05) is 30.3 Å². The second-order valence-electron chi connectivity index (χ2n) is 6.81. The Balaban J connectivity index is 0.00000182. The molecule has 2 aliphatic rings. The van der Waals surface area contributed by atoms with Gasteiger partial charge in [-0.2, -0.15) is 5.10 Å². The summed E-state index contributed by atoms with van der Waals surface area (Å²) < 4.78 is 0.738. The fourth-order valence-electron chi connectivity index (χ4n) is 3.94. The van der Waals surface area contributed by atoms with E-state index in [1.807, 2.05) is 42.3 Å². The summed E-state index contributed by atoms with van der Waals surface area (Å²) in [5.74, 6) is 0.00264. The SMILES string of the molecule is CN(C(=O)c1[nH]nc(-c2ccccc2)c1Br)C1CC2CCC(C1)N2.Cl. The highest BCUT2D eigenvalue weighted by Gasteiger charge is 2.37. The van der Waals surface area contributed by atoms with Crippen molar-refractivity contribution in [1.82, 2.24) is 20.4 Å². The number of halogens is 2. The lowest BCUT2D eigenvalue weighted by atomic mass is 9.98. The molecule has 4 rings (SSSR count). The highest BCUT2D eigenvalue weighted by Crippen LogP contribution is 2.32. The standard InChI is InChI=1S/C18H21BrN4O.ClH/c1-23(14-9-12-7-8-13(10-14)20-12)18(24)17-15(19)16(21-22-17)11-5-3-2-4-6-11;/h2-6,12-14,20H,7-10H2,1H3,(H,21,22);1H. The molecule has 0 radical (unpaired) electrons. The smallest absolute Gasteiger partial charge is 0.273 e. The monoisotopic (exact) mass is 424 g/mol. The Morgan fingerprint density at radius 3 is 2.48 bits per heavy atom. The third kappa shape index (κ3) is 3.48. The zero-order chi connectivity index (χ0) is 16.7. The van der Waals surface area contributed by atoms with E-state index in [1.54, 1.807) is 0 Å². The minimum atomic E-state index is 0. The fourth-order valence-corrected chi connectivity index (χ4v) is 4.52. The predicted molar refractivity (Wildman–Crippen MR) is 104 cm³/mol. The van der Waals surface area contributed by atoms with E-state index in [4.69, 9.17) is 0 Å². The molecule has 2 saturated heterocycles. The summed E-state index contributed by atoms with van der Waals surface area (Å²) in [6.07, 6.45) is 4.54. The van der Waals surface area contributed by atoms with Crippen LogP contribution in [-0.4, -0.2) is 46.2 Å². The second kappa shape index (κ2) is 7.48. The predicted octanol–water partition coefficient (Wildman–Crippen LogP) is 3.62. The fraction of sp³-hybridized carbons (Fsp3) is 0.444. The number of hydrogen-bond acceptors (Lipinski definition) is 3. The number of H-pyrrole nitrogens is 1. The van der Waals surface area contributed by atoms with Gasteiger partial charge in [-0.25, -0.2) is 0 Å². The average Bonchev–Trinajstić information content (AvgIpc) is 3.16. The molecule has 2 bridgehead atoms. The van der Waals surface area contributed by atoms with Crippen molar-refractivity contribution >= 4 is 34.2 Å². The van der Waals surface area contributed by atoms with E-state index >= 15 is 0 Å². The number of amides is 1. The number of nitrogens with one attached hydrogen (secondary N) is 2. The van der Waals surface area contributed by atoms with E-state index in [1.165, 1.54) is 12.8 Å². The van der Waals surface area contributed by atoms with E-state index in [9.17, 15) is 4.79 Å². The maximum atomic E-state index is 12.9. The molecule has 1 aromatic heterocycles. The van der Waals surface area contributed by atoms with Crippen molar-refractivity contribution in [2.45, 2.75) is 43.8 Å². The number of hydrogen-bond donors (Lipinski definition) is 2. The number of aromatic amines is 1. The van der Waals surface area contributed by atoms with Gasteiger partial charge in [0.25, 0.3) is 5.91 Å². The molecule has 7 heteroatoms. The van der Waals surface area contributed by atoms with Crippen LogP contribution >= 0.6 is 28.3 Å². The lowest BCUT2D eigenvalue weighted by Crippen LogP contribution is -2.48. The van der Waals surface area contributed by atoms with Crippen LogP contribution in [-0.2, 0) is 0 Å². The Morgan fingerprint density at radius 2 is 1.84 bits per heavy atom. The van der Waals surface area contributed by atoms with Gasteiger partial charge in [0.05, 0.1) is 4.47 Å².